The van der Waals surface area contributed by atoms with Crippen LogP contribution in [0.25, 0.3) is 0 Å². The van der Waals surface area contributed by atoms with Crippen molar-refractivity contribution < 1.29 is 14.0 Å². The third kappa shape index (κ3) is 6.10. The van der Waals surface area contributed by atoms with Crippen molar-refractivity contribution in [2.24, 2.45) is 0 Å². The van der Waals surface area contributed by atoms with E-state index < -0.39 is 0 Å². The highest BCUT2D eigenvalue weighted by Gasteiger charge is 2.18. The lowest BCUT2D eigenvalue weighted by Crippen LogP contribution is -2.26. The van der Waals surface area contributed by atoms with E-state index in [-0.39, 0.29) is 28.6 Å². The van der Waals surface area contributed by atoms with Crippen molar-refractivity contribution in [1.29, 1.82) is 0 Å². The van der Waals surface area contributed by atoms with Crippen LogP contribution in [0.2, 0.25) is 0 Å². The van der Waals surface area contributed by atoms with Gasteiger partial charge in [-0.05, 0) is 55.2 Å². The summed E-state index contributed by atoms with van der Waals surface area (Å²) in [6.07, 6.45) is 1.68. The van der Waals surface area contributed by atoms with Crippen LogP contribution in [0.5, 0.6) is 0 Å². The number of nitrogens with one attached hydrogen (secondary N) is 2. The van der Waals surface area contributed by atoms with Crippen molar-refractivity contribution >= 4 is 35.0 Å². The van der Waals surface area contributed by atoms with Crippen LogP contribution in [0.1, 0.15) is 31.9 Å². The lowest BCUT2D eigenvalue weighted by atomic mass is 10.0. The third-order valence-corrected chi connectivity index (χ3v) is 5.35. The Morgan fingerprint density at radius 1 is 1.00 bits per heavy atom. The first kappa shape index (κ1) is 21.0. The van der Waals surface area contributed by atoms with E-state index in [4.69, 9.17) is 0 Å². The number of benzene rings is 2. The topological polar surface area (TPSA) is 58.2 Å². The molecule has 6 heteroatoms. The predicted molar refractivity (Wildman–Crippen MR) is 111 cm³/mol. The zero-order chi connectivity index (χ0) is 19.8. The van der Waals surface area contributed by atoms with E-state index in [1.807, 2.05) is 18.2 Å². The summed E-state index contributed by atoms with van der Waals surface area (Å²) in [4.78, 5) is 24.6. The van der Waals surface area contributed by atoms with Gasteiger partial charge in [0.2, 0.25) is 11.8 Å². The molecule has 0 heterocycles. The average Bonchev–Trinajstić information content (AvgIpc) is 2.67. The van der Waals surface area contributed by atoms with Crippen LogP contribution in [0.4, 0.5) is 15.8 Å². The highest BCUT2D eigenvalue weighted by molar-refractivity contribution is 8.01. The number of rotatable bonds is 8. The van der Waals surface area contributed by atoms with E-state index in [0.29, 0.717) is 5.69 Å². The highest BCUT2D eigenvalue weighted by Crippen LogP contribution is 2.24. The second-order valence-corrected chi connectivity index (χ2v) is 7.49. The van der Waals surface area contributed by atoms with Gasteiger partial charge in [-0.1, -0.05) is 32.0 Å². The van der Waals surface area contributed by atoms with Gasteiger partial charge in [0, 0.05) is 11.4 Å². The number of carbonyl (C=O) groups is 2. The Hall–Kier alpha value is -2.34. The van der Waals surface area contributed by atoms with Crippen LogP contribution in [0.3, 0.4) is 0 Å². The van der Waals surface area contributed by atoms with E-state index in [0.717, 1.165) is 29.7 Å². The molecule has 2 amide bonds. The highest BCUT2D eigenvalue weighted by atomic mass is 32.2. The molecule has 144 valence electrons. The van der Waals surface area contributed by atoms with Gasteiger partial charge < -0.3 is 10.6 Å². The van der Waals surface area contributed by atoms with Gasteiger partial charge in [0.25, 0.3) is 0 Å². The minimum atomic E-state index is -0.376. The number of aryl methyl sites for hydroxylation is 2. The summed E-state index contributed by atoms with van der Waals surface area (Å²) >= 11 is 1.26. The Kier molecular flexibility index (Phi) is 7.85. The Balaban J connectivity index is 1.90. The summed E-state index contributed by atoms with van der Waals surface area (Å²) in [5, 5.41) is 5.34. The maximum atomic E-state index is 12.9. The molecule has 1 atom stereocenters. The van der Waals surface area contributed by atoms with Gasteiger partial charge in [-0.15, -0.1) is 11.8 Å². The molecule has 0 aliphatic carbocycles. The number of halogens is 1. The fourth-order valence-electron chi connectivity index (χ4n) is 2.63. The molecule has 2 rings (SSSR count). The van der Waals surface area contributed by atoms with Crippen molar-refractivity contribution in [3.63, 3.8) is 0 Å². The van der Waals surface area contributed by atoms with Crippen LogP contribution in [0, 0.1) is 5.82 Å². The van der Waals surface area contributed by atoms with Crippen molar-refractivity contribution in [2.75, 3.05) is 16.4 Å². The fourth-order valence-corrected chi connectivity index (χ4v) is 3.32. The van der Waals surface area contributed by atoms with Crippen LogP contribution in [-0.2, 0) is 22.4 Å². The molecule has 0 saturated carbocycles. The zero-order valence-corrected chi connectivity index (χ0v) is 16.7. The molecule has 1 unspecified atom stereocenters. The summed E-state index contributed by atoms with van der Waals surface area (Å²) in [6, 6.07) is 11.6. The van der Waals surface area contributed by atoms with E-state index in [1.165, 1.54) is 36.0 Å². The van der Waals surface area contributed by atoms with Crippen LogP contribution in [-0.4, -0.2) is 22.8 Å². The molecule has 27 heavy (non-hydrogen) atoms. The summed E-state index contributed by atoms with van der Waals surface area (Å²) in [6.45, 7) is 5.90. The molecule has 0 fully saturated rings. The average molecular weight is 389 g/mol. The molecule has 0 bridgehead atoms. The lowest BCUT2D eigenvalue weighted by molar-refractivity contribution is -0.115. The summed E-state index contributed by atoms with van der Waals surface area (Å²) in [5.41, 5.74) is 3.63. The van der Waals surface area contributed by atoms with Crippen molar-refractivity contribution in [1.82, 2.24) is 0 Å². The maximum Gasteiger partial charge on any atom is 0.237 e. The summed E-state index contributed by atoms with van der Waals surface area (Å²) in [5.74, 6) is -0.562. The Morgan fingerprint density at radius 2 is 1.59 bits per heavy atom. The van der Waals surface area contributed by atoms with Crippen LogP contribution in [0.15, 0.2) is 42.5 Å². The number of carbonyl (C=O) groups excluding carboxylic acids is 2. The van der Waals surface area contributed by atoms with Crippen molar-refractivity contribution in [2.45, 2.75) is 38.9 Å². The van der Waals surface area contributed by atoms with Gasteiger partial charge >= 0.3 is 0 Å². The van der Waals surface area contributed by atoms with E-state index in [9.17, 15) is 14.0 Å². The number of thioether (sulfide) groups is 1. The Labute approximate surface area is 163 Å². The van der Waals surface area contributed by atoms with Crippen molar-refractivity contribution in [3.8, 4) is 0 Å². The molecular formula is C21H25FN2O2S. The SMILES string of the molecule is CCc1cccc(CC)c1NC(=O)C(C)SCC(=O)Nc1ccc(F)cc1. The van der Waals surface area contributed by atoms with Crippen molar-refractivity contribution in [3.05, 3.63) is 59.4 Å². The van der Waals surface area contributed by atoms with E-state index in [1.54, 1.807) is 6.92 Å². The number of amides is 2. The summed E-state index contributed by atoms with van der Waals surface area (Å²) < 4.78 is 12.9. The molecule has 0 aliphatic heterocycles. The standard InChI is InChI=1S/C21H25FN2O2S/c1-4-15-7-6-8-16(5-2)20(15)24-21(26)14(3)27-13-19(25)23-18-11-9-17(22)10-12-18/h6-12,14H,4-5,13H2,1-3H3,(H,23,25)(H,24,26). The molecule has 0 aromatic heterocycles. The predicted octanol–water partition coefficient (Wildman–Crippen LogP) is 4.65. The van der Waals surface area contributed by atoms with Gasteiger partial charge in [-0.3, -0.25) is 9.59 Å². The lowest BCUT2D eigenvalue weighted by Gasteiger charge is -2.17. The van der Waals surface area contributed by atoms with E-state index >= 15 is 0 Å². The van der Waals surface area contributed by atoms with Crippen LogP contribution >= 0.6 is 11.8 Å². The zero-order valence-electron chi connectivity index (χ0n) is 15.8. The van der Waals surface area contributed by atoms with Gasteiger partial charge in [0.15, 0.2) is 0 Å². The number of anilines is 2. The Morgan fingerprint density at radius 3 is 2.15 bits per heavy atom. The van der Waals surface area contributed by atoms with Gasteiger partial charge in [-0.2, -0.15) is 0 Å². The minimum Gasteiger partial charge on any atom is -0.325 e. The largest absolute Gasteiger partial charge is 0.325 e. The number of hydrogen-bond acceptors (Lipinski definition) is 3. The molecule has 2 N–H and O–H groups in total. The van der Waals surface area contributed by atoms with E-state index in [2.05, 4.69) is 24.5 Å². The van der Waals surface area contributed by atoms with Crippen LogP contribution < -0.4 is 10.6 Å². The second kappa shape index (κ2) is 10.1. The quantitative estimate of drug-likeness (QED) is 0.692. The smallest absolute Gasteiger partial charge is 0.237 e. The molecule has 0 aliphatic rings. The number of hydrogen-bond donors (Lipinski definition) is 2. The molecule has 0 radical (unpaired) electrons. The molecule has 0 spiro atoms. The fraction of sp³-hybridized carbons (Fsp3) is 0.333. The Bertz CT molecular complexity index is 771. The first-order valence-electron chi connectivity index (χ1n) is 9.03. The molecule has 4 nitrogen and oxygen atoms in total. The summed E-state index contributed by atoms with van der Waals surface area (Å²) in [7, 11) is 0. The molecule has 2 aromatic carbocycles. The minimum absolute atomic E-state index is 0.120. The normalized spacial score (nSPS) is 11.7. The molecular weight excluding hydrogens is 363 g/mol. The molecule has 2 aromatic rings. The molecule has 0 saturated heterocycles. The van der Waals surface area contributed by atoms with Gasteiger partial charge in [-0.25, -0.2) is 4.39 Å². The second-order valence-electron chi connectivity index (χ2n) is 6.16. The first-order chi connectivity index (χ1) is 12.9. The first-order valence-corrected chi connectivity index (χ1v) is 10.1. The monoisotopic (exact) mass is 388 g/mol. The van der Waals surface area contributed by atoms with Gasteiger partial charge in [0.1, 0.15) is 5.82 Å². The maximum absolute atomic E-state index is 12.9. The third-order valence-electron chi connectivity index (χ3n) is 4.21. The van der Waals surface area contributed by atoms with Gasteiger partial charge in [0.05, 0.1) is 11.0 Å². The number of para-hydroxylation sites is 1.